The highest BCUT2D eigenvalue weighted by Gasteiger charge is 2.14. The summed E-state index contributed by atoms with van der Waals surface area (Å²) < 4.78 is 15.3. The second-order valence-electron chi connectivity index (χ2n) is 4.54. The predicted molar refractivity (Wildman–Crippen MR) is 84.7 cm³/mol. The van der Waals surface area contributed by atoms with Gasteiger partial charge >= 0.3 is 0 Å². The Morgan fingerprint density at radius 3 is 2.67 bits per heavy atom. The Morgan fingerprint density at radius 1 is 1.24 bits per heavy atom. The molecule has 1 aromatic heterocycles. The average molecular weight is 286 g/mol. The van der Waals surface area contributed by atoms with Gasteiger partial charge in [0.1, 0.15) is 17.0 Å². The normalized spacial score (nSPS) is 13.6. The van der Waals surface area contributed by atoms with Crippen molar-refractivity contribution in [3.8, 4) is 0 Å². The van der Waals surface area contributed by atoms with Crippen molar-refractivity contribution in [1.29, 1.82) is 0 Å². The van der Waals surface area contributed by atoms with E-state index in [0.717, 1.165) is 18.5 Å². The molecule has 0 unspecified atom stereocenters. The lowest BCUT2D eigenvalue weighted by Crippen LogP contribution is -2.24. The zero-order chi connectivity index (χ0) is 15.4. The summed E-state index contributed by atoms with van der Waals surface area (Å²) in [4.78, 5) is 16.8. The molecule has 1 heterocycles. The van der Waals surface area contributed by atoms with Gasteiger partial charge in [0.15, 0.2) is 0 Å². The van der Waals surface area contributed by atoms with E-state index in [1.54, 1.807) is 19.1 Å². The minimum Gasteiger partial charge on any atom is -0.268 e. The third kappa shape index (κ3) is 2.79. The highest BCUT2D eigenvalue weighted by molar-refractivity contribution is 5.79. The molecule has 3 nitrogen and oxygen atoms in total. The first-order valence-corrected chi connectivity index (χ1v) is 7.23. The monoisotopic (exact) mass is 286 g/mol. The third-order valence-corrected chi connectivity index (χ3v) is 3.25. The third-order valence-electron chi connectivity index (χ3n) is 3.25. The van der Waals surface area contributed by atoms with Crippen LogP contribution in [0.15, 0.2) is 41.2 Å². The molecule has 0 amide bonds. The van der Waals surface area contributed by atoms with Crippen molar-refractivity contribution in [3.63, 3.8) is 0 Å². The summed E-state index contributed by atoms with van der Waals surface area (Å²) in [5.41, 5.74) is 0.823. The molecule has 1 aliphatic rings. The number of nitrogens with zero attached hydrogens (tertiary/aromatic N) is 2. The average Bonchev–Trinajstić information content (AvgIpc) is 2.50. The second kappa shape index (κ2) is 6.48. The quantitative estimate of drug-likeness (QED) is 0.792. The zero-order valence-corrected chi connectivity index (χ0v) is 12.6. The number of fused-ring (bicyclic) bond motifs is 1. The molecule has 0 spiro atoms. The molecule has 0 bridgehead atoms. The van der Waals surface area contributed by atoms with Crippen molar-refractivity contribution in [2.45, 2.75) is 33.6 Å². The van der Waals surface area contributed by atoms with Crippen molar-refractivity contribution in [3.05, 3.63) is 58.4 Å². The van der Waals surface area contributed by atoms with Crippen LogP contribution in [-0.4, -0.2) is 9.55 Å². The Bertz CT molecular complexity index is 772. The molecule has 110 valence electrons. The molecule has 2 aromatic rings. The number of benzene rings is 1. The standard InChI is InChI=1S/C15H13FN2O.C2H6/c1-10-17-13-9-5-8-12(16)14(13)15(19)18(10)11-6-3-2-4-7-11;1-2/h3,5-9H,2,4H2,1H3;1-2H3. The van der Waals surface area contributed by atoms with E-state index in [1.165, 1.54) is 10.6 Å². The van der Waals surface area contributed by atoms with Crippen LogP contribution < -0.4 is 5.56 Å². The lowest BCUT2D eigenvalue weighted by Gasteiger charge is -2.14. The van der Waals surface area contributed by atoms with E-state index in [4.69, 9.17) is 0 Å². The topological polar surface area (TPSA) is 34.9 Å². The molecule has 21 heavy (non-hydrogen) atoms. The van der Waals surface area contributed by atoms with Crippen LogP contribution in [0.5, 0.6) is 0 Å². The van der Waals surface area contributed by atoms with E-state index < -0.39 is 5.82 Å². The summed E-state index contributed by atoms with van der Waals surface area (Å²) in [6.45, 7) is 5.76. The summed E-state index contributed by atoms with van der Waals surface area (Å²) in [6.07, 6.45) is 7.71. The highest BCUT2D eigenvalue weighted by Crippen LogP contribution is 2.18. The number of allylic oxidation sites excluding steroid dienone is 4. The van der Waals surface area contributed by atoms with E-state index in [0.29, 0.717) is 11.3 Å². The minimum atomic E-state index is -0.524. The molecule has 3 rings (SSSR count). The van der Waals surface area contributed by atoms with Gasteiger partial charge in [-0.15, -0.1) is 0 Å². The van der Waals surface area contributed by atoms with E-state index >= 15 is 0 Å². The molecule has 1 aliphatic carbocycles. The fraction of sp³-hybridized carbons (Fsp3) is 0.294. The summed E-state index contributed by atoms with van der Waals surface area (Å²) in [6, 6.07) is 4.51. The fourth-order valence-electron chi connectivity index (χ4n) is 2.37. The molecule has 0 saturated heterocycles. The van der Waals surface area contributed by atoms with Crippen LogP contribution in [0.4, 0.5) is 4.39 Å². The van der Waals surface area contributed by atoms with Crippen molar-refractivity contribution in [2.75, 3.05) is 0 Å². The molecule has 0 N–H and O–H groups in total. The van der Waals surface area contributed by atoms with E-state index in [2.05, 4.69) is 4.98 Å². The van der Waals surface area contributed by atoms with Gasteiger partial charge in [0.2, 0.25) is 0 Å². The zero-order valence-electron chi connectivity index (χ0n) is 12.6. The lowest BCUT2D eigenvalue weighted by molar-refractivity contribution is 0.637. The first-order valence-electron chi connectivity index (χ1n) is 7.23. The van der Waals surface area contributed by atoms with Crippen LogP contribution in [0.1, 0.15) is 32.5 Å². The molecule has 0 saturated carbocycles. The van der Waals surface area contributed by atoms with Crippen LogP contribution in [0.2, 0.25) is 0 Å². The van der Waals surface area contributed by atoms with E-state index in [-0.39, 0.29) is 10.9 Å². The minimum absolute atomic E-state index is 0.0490. The van der Waals surface area contributed by atoms with Gasteiger partial charge in [-0.25, -0.2) is 9.37 Å². The first kappa shape index (κ1) is 15.2. The number of aromatic nitrogens is 2. The smallest absolute Gasteiger partial charge is 0.268 e. The summed E-state index contributed by atoms with van der Waals surface area (Å²) in [5.74, 6) is 0.0463. The van der Waals surface area contributed by atoms with Gasteiger partial charge in [-0.2, -0.15) is 0 Å². The summed E-state index contributed by atoms with van der Waals surface area (Å²) >= 11 is 0. The van der Waals surface area contributed by atoms with Gasteiger partial charge in [-0.3, -0.25) is 9.36 Å². The maximum absolute atomic E-state index is 13.8. The highest BCUT2D eigenvalue weighted by atomic mass is 19.1. The van der Waals surface area contributed by atoms with Crippen LogP contribution in [0, 0.1) is 12.7 Å². The Kier molecular flexibility index (Phi) is 4.68. The lowest BCUT2D eigenvalue weighted by atomic mass is 10.1. The van der Waals surface area contributed by atoms with E-state index in [9.17, 15) is 9.18 Å². The Balaban J connectivity index is 0.000000774. The molecular formula is C17H19FN2O. The van der Waals surface area contributed by atoms with Gasteiger partial charge < -0.3 is 0 Å². The molecule has 1 aromatic carbocycles. The Morgan fingerprint density at radius 2 is 2.00 bits per heavy atom. The van der Waals surface area contributed by atoms with Gasteiger partial charge in [-0.1, -0.05) is 32.1 Å². The van der Waals surface area contributed by atoms with Crippen LogP contribution in [0.3, 0.4) is 0 Å². The molecular weight excluding hydrogens is 267 g/mol. The SMILES string of the molecule is CC.Cc1nc2cccc(F)c2c(=O)n1C1=CCCC=C1. The maximum Gasteiger partial charge on any atom is 0.268 e. The van der Waals surface area contributed by atoms with Crippen LogP contribution in [0.25, 0.3) is 16.6 Å². The number of hydrogen-bond acceptors (Lipinski definition) is 2. The fourth-order valence-corrected chi connectivity index (χ4v) is 2.37. The molecule has 0 aliphatic heterocycles. The van der Waals surface area contributed by atoms with Crippen molar-refractivity contribution in [2.24, 2.45) is 0 Å². The Hall–Kier alpha value is -2.23. The first-order chi connectivity index (χ1) is 10.2. The second-order valence-corrected chi connectivity index (χ2v) is 4.54. The largest absolute Gasteiger partial charge is 0.268 e. The van der Waals surface area contributed by atoms with Crippen molar-refractivity contribution < 1.29 is 4.39 Å². The van der Waals surface area contributed by atoms with Crippen LogP contribution in [-0.2, 0) is 0 Å². The van der Waals surface area contributed by atoms with Gasteiger partial charge in [-0.05, 0) is 38.0 Å². The van der Waals surface area contributed by atoms with Crippen LogP contribution >= 0.6 is 0 Å². The maximum atomic E-state index is 13.8. The Labute approximate surface area is 123 Å². The van der Waals surface area contributed by atoms with Gasteiger partial charge in [0, 0.05) is 5.70 Å². The van der Waals surface area contributed by atoms with E-state index in [1.807, 2.05) is 32.1 Å². The molecule has 0 radical (unpaired) electrons. The summed E-state index contributed by atoms with van der Waals surface area (Å²) in [7, 11) is 0. The van der Waals surface area contributed by atoms with Crippen molar-refractivity contribution >= 4 is 16.6 Å². The van der Waals surface area contributed by atoms with Crippen molar-refractivity contribution in [1.82, 2.24) is 9.55 Å². The predicted octanol–water partition coefficient (Wildman–Crippen LogP) is 4.06. The molecule has 4 heteroatoms. The number of hydrogen-bond donors (Lipinski definition) is 0. The number of halogens is 1. The number of aryl methyl sites for hydroxylation is 1. The molecule has 0 atom stereocenters. The van der Waals surface area contributed by atoms with Gasteiger partial charge in [0.25, 0.3) is 5.56 Å². The van der Waals surface area contributed by atoms with Gasteiger partial charge in [0.05, 0.1) is 5.52 Å². The number of rotatable bonds is 1. The molecule has 0 fully saturated rings. The summed E-state index contributed by atoms with van der Waals surface area (Å²) in [5, 5.41) is 0.0490.